The lowest BCUT2D eigenvalue weighted by Crippen LogP contribution is -2.49. The number of hydrogen-bond donors (Lipinski definition) is 1. The lowest BCUT2D eigenvalue weighted by Gasteiger charge is -2.34. The number of hydrogen-bond acceptors (Lipinski definition) is 5. The molecule has 1 N–H and O–H groups in total. The van der Waals surface area contributed by atoms with Crippen LogP contribution in [0.1, 0.15) is 33.3 Å². The Kier molecular flexibility index (Phi) is 5.29. The number of pyridine rings is 1. The maximum Gasteiger partial charge on any atom is 0.276 e. The number of nitrogens with zero attached hydrogens (tertiary/aromatic N) is 2. The van der Waals surface area contributed by atoms with Crippen molar-refractivity contribution in [3.05, 3.63) is 63.1 Å². The molecule has 158 valence electrons. The van der Waals surface area contributed by atoms with Crippen molar-refractivity contribution in [2.24, 2.45) is 0 Å². The summed E-state index contributed by atoms with van der Waals surface area (Å²) in [5, 5.41) is 2.44. The van der Waals surface area contributed by atoms with Crippen molar-refractivity contribution in [2.75, 3.05) is 6.61 Å². The minimum atomic E-state index is -0.815. The van der Waals surface area contributed by atoms with E-state index in [0.29, 0.717) is 12.7 Å². The molecule has 2 aliphatic heterocycles. The van der Waals surface area contributed by atoms with Gasteiger partial charge >= 0.3 is 0 Å². The molecule has 3 heterocycles. The van der Waals surface area contributed by atoms with Gasteiger partial charge in [-0.05, 0) is 13.0 Å². The van der Waals surface area contributed by atoms with E-state index in [9.17, 15) is 23.2 Å². The van der Waals surface area contributed by atoms with Crippen molar-refractivity contribution in [1.29, 1.82) is 0 Å². The topological polar surface area (TPSA) is 89.9 Å². The molecule has 1 saturated heterocycles. The average Bonchev–Trinajstić information content (AvgIpc) is 3.08. The number of rotatable bonds is 4. The van der Waals surface area contributed by atoms with Gasteiger partial charge in [-0.2, -0.15) is 0 Å². The zero-order chi connectivity index (χ0) is 21.6. The van der Waals surface area contributed by atoms with Crippen molar-refractivity contribution in [3.8, 4) is 5.75 Å². The minimum absolute atomic E-state index is 0.0322. The van der Waals surface area contributed by atoms with Gasteiger partial charge in [0.05, 0.1) is 28.7 Å². The third-order valence-corrected chi connectivity index (χ3v) is 5.40. The number of nitrogens with one attached hydrogen (secondary N) is 1. The first-order valence-corrected chi connectivity index (χ1v) is 9.59. The Bertz CT molecular complexity index is 1110. The van der Waals surface area contributed by atoms with Crippen molar-refractivity contribution in [3.63, 3.8) is 0 Å². The SMILES string of the molecule is CC1COC2Cn3cc(C(=O)NCc4ccc(F)cc4F)c(=O)c(OP)c3C(=O)N12. The van der Waals surface area contributed by atoms with Gasteiger partial charge in [0, 0.05) is 24.4 Å². The standard InChI is InChI=1S/C19H18F2N3O5P/c1-9-8-28-14-7-23-6-12(16(25)17(29-30)15(23)19(27)24(9)14)18(26)22-5-10-2-3-11(20)4-13(10)21/h2-4,6,9,14H,5,7-8,30H2,1H3,(H,22,26). The number of carbonyl (C=O) groups is 2. The second kappa shape index (κ2) is 7.77. The van der Waals surface area contributed by atoms with Crippen LogP contribution in [-0.4, -0.2) is 40.2 Å². The fourth-order valence-electron chi connectivity index (χ4n) is 3.67. The second-order valence-electron chi connectivity index (χ2n) is 7.09. The Morgan fingerprint density at radius 1 is 1.37 bits per heavy atom. The molecule has 3 atom stereocenters. The molecule has 0 radical (unpaired) electrons. The van der Waals surface area contributed by atoms with Crippen LogP contribution < -0.4 is 15.3 Å². The molecule has 0 aliphatic carbocycles. The number of benzene rings is 1. The summed E-state index contributed by atoms with van der Waals surface area (Å²) in [5.74, 6) is -3.03. The van der Waals surface area contributed by atoms with Gasteiger partial charge in [-0.1, -0.05) is 6.07 Å². The van der Waals surface area contributed by atoms with Crippen LogP contribution in [0.5, 0.6) is 5.75 Å². The molecular weight excluding hydrogens is 419 g/mol. The predicted molar refractivity (Wildman–Crippen MR) is 104 cm³/mol. The molecule has 1 fully saturated rings. The Hall–Kier alpha value is -2.84. The molecule has 3 unspecified atom stereocenters. The van der Waals surface area contributed by atoms with Gasteiger partial charge in [-0.25, -0.2) is 8.78 Å². The smallest absolute Gasteiger partial charge is 0.276 e. The number of ether oxygens (including phenoxy) is 1. The Balaban J connectivity index is 1.66. The van der Waals surface area contributed by atoms with Crippen molar-refractivity contribution in [2.45, 2.75) is 32.3 Å². The van der Waals surface area contributed by atoms with E-state index in [1.54, 1.807) is 4.90 Å². The summed E-state index contributed by atoms with van der Waals surface area (Å²) in [5.41, 5.74) is -0.951. The van der Waals surface area contributed by atoms with E-state index in [0.717, 1.165) is 6.07 Å². The van der Waals surface area contributed by atoms with Gasteiger partial charge in [0.25, 0.3) is 11.8 Å². The summed E-state index contributed by atoms with van der Waals surface area (Å²) in [6.45, 7) is 2.17. The number of fused-ring (bicyclic) bond motifs is 2. The van der Waals surface area contributed by atoms with Crippen LogP contribution in [0.3, 0.4) is 0 Å². The summed E-state index contributed by atoms with van der Waals surface area (Å²) in [6, 6.07) is 2.82. The minimum Gasteiger partial charge on any atom is -0.474 e. The Morgan fingerprint density at radius 3 is 2.83 bits per heavy atom. The highest BCUT2D eigenvalue weighted by atomic mass is 31.0. The van der Waals surface area contributed by atoms with Gasteiger partial charge < -0.3 is 24.0 Å². The normalized spacial score (nSPS) is 20.0. The molecule has 1 aromatic carbocycles. The maximum atomic E-state index is 13.8. The molecule has 0 spiro atoms. The Morgan fingerprint density at radius 2 is 2.13 bits per heavy atom. The highest BCUT2D eigenvalue weighted by Crippen LogP contribution is 2.30. The lowest BCUT2D eigenvalue weighted by atomic mass is 10.1. The van der Waals surface area contributed by atoms with E-state index in [2.05, 4.69) is 5.32 Å². The Labute approximate surface area is 172 Å². The molecule has 8 nitrogen and oxygen atoms in total. The van der Waals surface area contributed by atoms with Gasteiger partial charge in [0.1, 0.15) is 17.2 Å². The largest absolute Gasteiger partial charge is 0.474 e. The first kappa shape index (κ1) is 20.4. The highest BCUT2D eigenvalue weighted by molar-refractivity contribution is 7.10. The van der Waals surface area contributed by atoms with Crippen LogP contribution in [0.25, 0.3) is 0 Å². The number of aromatic nitrogens is 1. The van der Waals surface area contributed by atoms with Crippen LogP contribution >= 0.6 is 9.47 Å². The quantitative estimate of drug-likeness (QED) is 0.731. The predicted octanol–water partition coefficient (Wildman–Crippen LogP) is 1.43. The fourth-order valence-corrected chi connectivity index (χ4v) is 3.89. The van der Waals surface area contributed by atoms with E-state index in [1.807, 2.05) is 16.4 Å². The highest BCUT2D eigenvalue weighted by Gasteiger charge is 2.43. The fraction of sp³-hybridized carbons (Fsp3) is 0.316. The maximum absolute atomic E-state index is 13.8. The summed E-state index contributed by atoms with van der Waals surface area (Å²) >= 11 is 0. The molecule has 0 saturated carbocycles. The molecule has 2 amide bonds. The van der Waals surface area contributed by atoms with Gasteiger partial charge in [-0.15, -0.1) is 0 Å². The van der Waals surface area contributed by atoms with Crippen LogP contribution in [0.15, 0.2) is 29.2 Å². The van der Waals surface area contributed by atoms with Gasteiger partial charge in [-0.3, -0.25) is 14.4 Å². The summed E-state index contributed by atoms with van der Waals surface area (Å²) in [4.78, 5) is 39.9. The molecule has 2 aromatic rings. The van der Waals surface area contributed by atoms with E-state index in [-0.39, 0.29) is 41.7 Å². The number of amides is 2. The van der Waals surface area contributed by atoms with Crippen LogP contribution in [-0.2, 0) is 17.8 Å². The van der Waals surface area contributed by atoms with Gasteiger partial charge in [0.2, 0.25) is 5.43 Å². The third-order valence-electron chi connectivity index (χ3n) is 5.16. The van der Waals surface area contributed by atoms with Crippen molar-refractivity contribution in [1.82, 2.24) is 14.8 Å². The first-order chi connectivity index (χ1) is 14.3. The van der Waals surface area contributed by atoms with Crippen LogP contribution in [0, 0.1) is 11.6 Å². The third kappa shape index (κ3) is 3.36. The molecule has 4 rings (SSSR count). The monoisotopic (exact) mass is 437 g/mol. The first-order valence-electron chi connectivity index (χ1n) is 9.12. The molecule has 1 aromatic heterocycles. The zero-order valence-electron chi connectivity index (χ0n) is 15.9. The van der Waals surface area contributed by atoms with E-state index in [1.165, 1.54) is 16.8 Å². The van der Waals surface area contributed by atoms with E-state index in [4.69, 9.17) is 9.26 Å². The molecule has 30 heavy (non-hydrogen) atoms. The average molecular weight is 437 g/mol. The molecule has 0 bridgehead atoms. The van der Waals surface area contributed by atoms with E-state index >= 15 is 0 Å². The molecular formula is C19H18F2N3O5P. The number of halogens is 2. The van der Waals surface area contributed by atoms with Crippen LogP contribution in [0.4, 0.5) is 8.78 Å². The second-order valence-corrected chi connectivity index (χ2v) is 7.32. The lowest BCUT2D eigenvalue weighted by molar-refractivity contribution is 0.00645. The summed E-state index contributed by atoms with van der Waals surface area (Å²) in [6.07, 6.45) is 0.757. The zero-order valence-corrected chi connectivity index (χ0v) is 17.0. The van der Waals surface area contributed by atoms with Crippen molar-refractivity contribution < 1.29 is 27.6 Å². The number of carbonyl (C=O) groups excluding carboxylic acids is 2. The summed E-state index contributed by atoms with van der Waals surface area (Å²) < 4.78 is 39.0. The summed E-state index contributed by atoms with van der Waals surface area (Å²) in [7, 11) is 1.91. The van der Waals surface area contributed by atoms with Gasteiger partial charge in [0.15, 0.2) is 17.7 Å². The molecule has 11 heteroatoms. The van der Waals surface area contributed by atoms with Crippen LogP contribution in [0.2, 0.25) is 0 Å². The molecule has 2 aliphatic rings. The van der Waals surface area contributed by atoms with E-state index < -0.39 is 35.1 Å². The van der Waals surface area contributed by atoms with Crippen molar-refractivity contribution >= 4 is 21.3 Å².